The van der Waals surface area contributed by atoms with E-state index in [1.807, 2.05) is 27.0 Å². The Kier molecular flexibility index (Phi) is 5.56. The molecule has 7 heteroatoms. The largest absolute Gasteiger partial charge is 0.462 e. The summed E-state index contributed by atoms with van der Waals surface area (Å²) in [4.78, 5) is 30.2. The molecule has 0 N–H and O–H groups in total. The topological polar surface area (TPSA) is 70.5 Å². The molecule has 1 aromatic heterocycles. The van der Waals surface area contributed by atoms with Crippen molar-refractivity contribution >= 4 is 17.7 Å². The molecule has 1 aromatic rings. The summed E-state index contributed by atoms with van der Waals surface area (Å²) >= 11 is 1.34. The van der Waals surface area contributed by atoms with Crippen molar-refractivity contribution in [3.8, 4) is 5.88 Å². The van der Waals surface area contributed by atoms with E-state index in [2.05, 4.69) is 9.97 Å². The number of carbonyl (C=O) groups is 1. The maximum atomic E-state index is 11.7. The van der Waals surface area contributed by atoms with Gasteiger partial charge in [-0.2, -0.15) is 9.87 Å². The number of hydrogen-bond acceptors (Lipinski definition) is 7. The smallest absolute Gasteiger partial charge is 0.345 e. The Labute approximate surface area is 116 Å². The Bertz CT molecular complexity index is 446. The highest BCUT2D eigenvalue weighted by Crippen LogP contribution is 2.21. The summed E-state index contributed by atoms with van der Waals surface area (Å²) in [6.45, 7) is 7.47. The van der Waals surface area contributed by atoms with Crippen LogP contribution in [0.25, 0.3) is 0 Å². The molecule has 0 unspecified atom stereocenters. The molecule has 19 heavy (non-hydrogen) atoms. The number of ether oxygens (including phenoxy) is 1. The van der Waals surface area contributed by atoms with E-state index in [1.54, 1.807) is 6.92 Å². The van der Waals surface area contributed by atoms with Crippen LogP contribution in [0.1, 0.15) is 38.1 Å². The number of aromatic nitrogens is 2. The molecule has 0 saturated carbocycles. The highest BCUT2D eigenvalue weighted by atomic mass is 32.2. The quantitative estimate of drug-likeness (QED) is 0.271. The van der Waals surface area contributed by atoms with Crippen LogP contribution in [0, 0.1) is 0 Å². The zero-order valence-electron chi connectivity index (χ0n) is 11.7. The molecule has 0 atom stereocenters. The van der Waals surface area contributed by atoms with Gasteiger partial charge in [-0.25, -0.2) is 9.78 Å². The average molecular weight is 286 g/mol. The molecule has 1 rings (SSSR count). The van der Waals surface area contributed by atoms with E-state index in [0.29, 0.717) is 5.16 Å². The molecule has 1 heterocycles. The lowest BCUT2D eigenvalue weighted by Gasteiger charge is -2.18. The predicted molar refractivity (Wildman–Crippen MR) is 71.2 cm³/mol. The van der Waals surface area contributed by atoms with Gasteiger partial charge >= 0.3 is 5.97 Å². The van der Waals surface area contributed by atoms with Gasteiger partial charge in [0.25, 0.3) is 5.88 Å². The highest BCUT2D eigenvalue weighted by Gasteiger charge is 2.21. The molecule has 0 amide bonds. The Morgan fingerprint density at radius 3 is 2.63 bits per heavy atom. The first-order valence-corrected chi connectivity index (χ1v) is 7.03. The van der Waals surface area contributed by atoms with Gasteiger partial charge < -0.3 is 9.62 Å². The van der Waals surface area contributed by atoms with Gasteiger partial charge in [-0.3, -0.25) is 0 Å². The summed E-state index contributed by atoms with van der Waals surface area (Å²) in [5.41, 5.74) is -0.375. The van der Waals surface area contributed by atoms with E-state index >= 15 is 0 Å². The summed E-state index contributed by atoms with van der Waals surface area (Å²) in [6.07, 6.45) is 3.20. The molecular weight excluding hydrogens is 268 g/mol. The van der Waals surface area contributed by atoms with Gasteiger partial charge in [0, 0.05) is 0 Å². The minimum atomic E-state index is -0.539. The van der Waals surface area contributed by atoms with Gasteiger partial charge in [0.05, 0.1) is 12.8 Å². The third kappa shape index (κ3) is 5.04. The van der Waals surface area contributed by atoms with E-state index < -0.39 is 11.6 Å². The van der Waals surface area contributed by atoms with Crippen LogP contribution in [0.15, 0.2) is 11.4 Å². The fourth-order valence-corrected chi connectivity index (χ4v) is 1.36. The van der Waals surface area contributed by atoms with Crippen LogP contribution in [0.4, 0.5) is 0 Å². The second-order valence-corrected chi connectivity index (χ2v) is 5.35. The molecule has 0 spiro atoms. The number of esters is 1. The van der Waals surface area contributed by atoms with Crippen molar-refractivity contribution in [2.75, 3.05) is 12.9 Å². The van der Waals surface area contributed by atoms with E-state index in [9.17, 15) is 4.79 Å². The molecule has 0 aliphatic carbocycles. The van der Waals surface area contributed by atoms with E-state index in [-0.39, 0.29) is 18.1 Å². The van der Waals surface area contributed by atoms with Crippen molar-refractivity contribution in [3.63, 3.8) is 0 Å². The van der Waals surface area contributed by atoms with Crippen molar-refractivity contribution in [2.45, 2.75) is 38.5 Å². The maximum absolute atomic E-state index is 11.7. The second kappa shape index (κ2) is 6.72. The molecular formula is C12H18N2O4S. The van der Waals surface area contributed by atoms with Crippen molar-refractivity contribution < 1.29 is 19.3 Å². The van der Waals surface area contributed by atoms with Crippen molar-refractivity contribution in [1.82, 2.24) is 9.97 Å². The summed E-state index contributed by atoms with van der Waals surface area (Å²) in [5.74, 6) is -0.476. The van der Waals surface area contributed by atoms with Gasteiger partial charge in [-0.05, 0) is 34.0 Å². The summed E-state index contributed by atoms with van der Waals surface area (Å²) in [5, 5.41) is 0.487. The number of hydrogen-bond donors (Lipinski definition) is 0. The third-order valence-electron chi connectivity index (χ3n) is 1.78. The monoisotopic (exact) mass is 286 g/mol. The van der Waals surface area contributed by atoms with Crippen LogP contribution < -0.4 is 4.89 Å². The first kappa shape index (κ1) is 15.7. The van der Waals surface area contributed by atoms with Crippen molar-refractivity contribution in [1.29, 1.82) is 0 Å². The Balaban J connectivity index is 2.99. The Morgan fingerprint density at radius 1 is 1.42 bits per heavy atom. The highest BCUT2D eigenvalue weighted by molar-refractivity contribution is 7.98. The molecule has 6 nitrogen and oxygen atoms in total. The number of rotatable bonds is 5. The van der Waals surface area contributed by atoms with E-state index in [1.165, 1.54) is 18.0 Å². The summed E-state index contributed by atoms with van der Waals surface area (Å²) < 4.78 is 4.91. The van der Waals surface area contributed by atoms with Gasteiger partial charge in [0.2, 0.25) is 0 Å². The minimum absolute atomic E-state index is 0.0627. The predicted octanol–water partition coefficient (Wildman–Crippen LogP) is 2.48. The van der Waals surface area contributed by atoms with Crippen LogP contribution in [-0.4, -0.2) is 34.4 Å². The van der Waals surface area contributed by atoms with Gasteiger partial charge in [-0.15, -0.1) is 0 Å². The first-order chi connectivity index (χ1) is 8.87. The lowest BCUT2D eigenvalue weighted by atomic mass is 10.2. The summed E-state index contributed by atoms with van der Waals surface area (Å²) in [6, 6.07) is 0. The summed E-state index contributed by atoms with van der Waals surface area (Å²) in [7, 11) is 0. The molecule has 0 aliphatic heterocycles. The second-order valence-electron chi connectivity index (χ2n) is 4.58. The molecule has 0 bridgehead atoms. The van der Waals surface area contributed by atoms with E-state index in [0.717, 1.165) is 0 Å². The van der Waals surface area contributed by atoms with E-state index in [4.69, 9.17) is 14.5 Å². The minimum Gasteiger partial charge on any atom is -0.462 e. The van der Waals surface area contributed by atoms with Crippen LogP contribution in [0.5, 0.6) is 5.88 Å². The van der Waals surface area contributed by atoms with Crippen LogP contribution in [0.2, 0.25) is 0 Å². The van der Waals surface area contributed by atoms with Gasteiger partial charge in [-0.1, -0.05) is 11.8 Å². The van der Waals surface area contributed by atoms with Gasteiger partial charge in [0.15, 0.2) is 5.16 Å². The molecule has 0 aromatic carbocycles. The molecule has 0 radical (unpaired) electrons. The molecule has 0 aliphatic rings. The zero-order valence-corrected chi connectivity index (χ0v) is 12.5. The lowest BCUT2D eigenvalue weighted by Crippen LogP contribution is -2.22. The number of carbonyl (C=O) groups excluding carboxylic acids is 1. The van der Waals surface area contributed by atoms with Crippen LogP contribution in [0.3, 0.4) is 0 Å². The molecule has 106 valence electrons. The third-order valence-corrected chi connectivity index (χ3v) is 2.34. The molecule has 0 fully saturated rings. The van der Waals surface area contributed by atoms with Gasteiger partial charge in [0.1, 0.15) is 11.2 Å². The first-order valence-electron chi connectivity index (χ1n) is 5.81. The number of nitrogens with zero attached hydrogens (tertiary/aromatic N) is 2. The normalized spacial score (nSPS) is 11.2. The standard InChI is InChI=1S/C12H18N2O4S/c1-6-16-10(15)8-7-13-11(19-5)14-9(8)17-18-12(2,3)4/h7H,6H2,1-5H3. The van der Waals surface area contributed by atoms with Crippen molar-refractivity contribution in [2.24, 2.45) is 0 Å². The van der Waals surface area contributed by atoms with Crippen molar-refractivity contribution in [3.05, 3.63) is 11.8 Å². The number of thioether (sulfide) groups is 1. The SMILES string of the molecule is CCOC(=O)c1cnc(SC)nc1OOC(C)(C)C. The zero-order chi connectivity index (χ0) is 14.5. The molecule has 0 saturated heterocycles. The Morgan fingerprint density at radius 2 is 2.11 bits per heavy atom. The lowest BCUT2D eigenvalue weighted by molar-refractivity contribution is -0.277. The Hall–Kier alpha value is -1.34. The maximum Gasteiger partial charge on any atom is 0.345 e. The fraction of sp³-hybridized carbons (Fsp3) is 0.583. The average Bonchev–Trinajstić information content (AvgIpc) is 2.35. The van der Waals surface area contributed by atoms with Crippen LogP contribution >= 0.6 is 11.8 Å². The van der Waals surface area contributed by atoms with Crippen LogP contribution in [-0.2, 0) is 9.62 Å². The fourth-order valence-electron chi connectivity index (χ4n) is 1.03.